The molecule has 0 N–H and O–H groups in total. The Bertz CT molecular complexity index is 381. The molecule has 1 heterocycles. The minimum atomic E-state index is -0.978. The normalized spacial score (nSPS) is 15.5. The molecule has 26 heavy (non-hydrogen) atoms. The van der Waals surface area contributed by atoms with Gasteiger partial charge in [-0.3, -0.25) is 0 Å². The van der Waals surface area contributed by atoms with Crippen LogP contribution >= 0.6 is 11.8 Å². The Kier molecular flexibility index (Phi) is 14.9. The van der Waals surface area contributed by atoms with Gasteiger partial charge in [0.05, 0.1) is 12.7 Å². The fourth-order valence-electron chi connectivity index (χ4n) is 3.38. The molecule has 0 atom stereocenters. The van der Waals surface area contributed by atoms with E-state index in [-0.39, 0.29) is 0 Å². The van der Waals surface area contributed by atoms with Crippen LogP contribution in [0.4, 0.5) is 0 Å². The summed E-state index contributed by atoms with van der Waals surface area (Å²) < 4.78 is 5.56. The lowest BCUT2D eigenvalue weighted by Gasteiger charge is -2.30. The van der Waals surface area contributed by atoms with Crippen molar-refractivity contribution in [3.63, 3.8) is 0 Å². The SMILES string of the molecule is CC(C)OCCSCCCCCCCCCCCCC#C[Si]1(C)CCC1. The maximum absolute atomic E-state index is 5.56. The second-order valence-electron chi connectivity index (χ2n) is 8.53. The van der Waals surface area contributed by atoms with Crippen LogP contribution in [-0.2, 0) is 4.74 Å². The van der Waals surface area contributed by atoms with Crippen LogP contribution in [-0.4, -0.2) is 32.3 Å². The predicted molar refractivity (Wildman–Crippen MR) is 123 cm³/mol. The first-order valence-electron chi connectivity index (χ1n) is 11.3. The Morgan fingerprint density at radius 2 is 1.42 bits per heavy atom. The van der Waals surface area contributed by atoms with Crippen molar-refractivity contribution in [3.05, 3.63) is 0 Å². The summed E-state index contributed by atoms with van der Waals surface area (Å²) in [7, 11) is -0.978. The zero-order chi connectivity index (χ0) is 18.9. The molecular formula is C23H44OSSi. The van der Waals surface area contributed by atoms with Gasteiger partial charge in [-0.05, 0) is 44.5 Å². The number of ether oxygens (including phenoxy) is 1. The highest BCUT2D eigenvalue weighted by molar-refractivity contribution is 7.99. The van der Waals surface area contributed by atoms with Gasteiger partial charge in [-0.2, -0.15) is 11.8 Å². The molecule has 1 aliphatic heterocycles. The molecule has 0 aromatic heterocycles. The molecule has 0 aromatic carbocycles. The standard InChI is InChI=1S/C23H44OSSi/c1-23(2)24-17-19-25-18-14-12-10-8-6-4-5-7-9-11-13-15-20-26(3)21-16-22-26/h23H,4-14,16-19,21-22H2,1-3H3. The minimum Gasteiger partial charge on any atom is -0.378 e. The average molecular weight is 397 g/mol. The lowest BCUT2D eigenvalue weighted by molar-refractivity contribution is 0.0920. The van der Waals surface area contributed by atoms with Crippen LogP contribution in [0.2, 0.25) is 18.6 Å². The smallest absolute Gasteiger partial charge is 0.135 e. The van der Waals surface area contributed by atoms with Crippen molar-refractivity contribution in [2.75, 3.05) is 18.1 Å². The highest BCUT2D eigenvalue weighted by atomic mass is 32.2. The Balaban J connectivity index is 1.69. The van der Waals surface area contributed by atoms with Gasteiger partial charge in [-0.15, -0.1) is 11.5 Å². The molecule has 0 spiro atoms. The van der Waals surface area contributed by atoms with Crippen molar-refractivity contribution in [1.29, 1.82) is 0 Å². The molecule has 0 saturated carbocycles. The van der Waals surface area contributed by atoms with Gasteiger partial charge in [0, 0.05) is 12.2 Å². The summed E-state index contributed by atoms with van der Waals surface area (Å²) in [6.45, 7) is 7.59. The van der Waals surface area contributed by atoms with Gasteiger partial charge in [0.1, 0.15) is 8.07 Å². The summed E-state index contributed by atoms with van der Waals surface area (Å²) in [6.07, 6.45) is 17.1. The predicted octanol–water partition coefficient (Wildman–Crippen LogP) is 7.46. The van der Waals surface area contributed by atoms with E-state index in [1.54, 1.807) is 0 Å². The number of hydrogen-bond acceptors (Lipinski definition) is 2. The molecule has 1 aliphatic rings. The topological polar surface area (TPSA) is 9.23 Å². The molecule has 1 saturated heterocycles. The molecular weight excluding hydrogens is 352 g/mol. The molecule has 1 nitrogen and oxygen atoms in total. The summed E-state index contributed by atoms with van der Waals surface area (Å²) in [5.41, 5.74) is 3.63. The highest BCUT2D eigenvalue weighted by Gasteiger charge is 2.32. The summed E-state index contributed by atoms with van der Waals surface area (Å²) in [6, 6.07) is 2.93. The van der Waals surface area contributed by atoms with Crippen molar-refractivity contribution in [1.82, 2.24) is 0 Å². The first-order valence-corrected chi connectivity index (χ1v) is 15.4. The Morgan fingerprint density at radius 1 is 0.846 bits per heavy atom. The molecule has 0 radical (unpaired) electrons. The lowest BCUT2D eigenvalue weighted by Crippen LogP contribution is -2.36. The number of hydrogen-bond donors (Lipinski definition) is 0. The second kappa shape index (κ2) is 16.1. The van der Waals surface area contributed by atoms with Crippen LogP contribution in [0.1, 0.15) is 90.9 Å². The second-order valence-corrected chi connectivity index (χ2v) is 14.1. The maximum atomic E-state index is 5.56. The Labute approximate surface area is 169 Å². The van der Waals surface area contributed by atoms with Crippen LogP contribution in [0, 0.1) is 11.5 Å². The number of thioether (sulfide) groups is 1. The van der Waals surface area contributed by atoms with Gasteiger partial charge in [0.25, 0.3) is 0 Å². The number of rotatable bonds is 16. The molecule has 152 valence electrons. The average Bonchev–Trinajstić information content (AvgIpc) is 2.59. The molecule has 0 bridgehead atoms. The van der Waals surface area contributed by atoms with Crippen LogP contribution < -0.4 is 0 Å². The van der Waals surface area contributed by atoms with E-state index in [0.717, 1.165) is 18.8 Å². The van der Waals surface area contributed by atoms with Crippen molar-refractivity contribution in [3.8, 4) is 11.5 Å². The van der Waals surface area contributed by atoms with Crippen molar-refractivity contribution in [2.45, 2.75) is 116 Å². The van der Waals surface area contributed by atoms with Crippen LogP contribution in [0.3, 0.4) is 0 Å². The Morgan fingerprint density at radius 3 is 1.96 bits per heavy atom. The van der Waals surface area contributed by atoms with E-state index < -0.39 is 8.07 Å². The number of unbranched alkanes of at least 4 members (excludes halogenated alkanes) is 10. The van der Waals surface area contributed by atoms with E-state index >= 15 is 0 Å². The van der Waals surface area contributed by atoms with Gasteiger partial charge in [-0.25, -0.2) is 0 Å². The van der Waals surface area contributed by atoms with Gasteiger partial charge >= 0.3 is 0 Å². The zero-order valence-electron chi connectivity index (χ0n) is 17.9. The van der Waals surface area contributed by atoms with Gasteiger partial charge in [0.2, 0.25) is 0 Å². The molecule has 1 rings (SSSR count). The molecule has 3 heteroatoms. The fourth-order valence-corrected chi connectivity index (χ4v) is 6.43. The van der Waals surface area contributed by atoms with Crippen LogP contribution in [0.25, 0.3) is 0 Å². The van der Waals surface area contributed by atoms with E-state index in [1.165, 1.54) is 88.5 Å². The first-order chi connectivity index (χ1) is 12.6. The van der Waals surface area contributed by atoms with Gasteiger partial charge in [0.15, 0.2) is 0 Å². The van der Waals surface area contributed by atoms with Crippen molar-refractivity contribution in [2.24, 2.45) is 0 Å². The molecule has 0 unspecified atom stereocenters. The lowest BCUT2D eigenvalue weighted by atomic mass is 10.1. The summed E-state index contributed by atoms with van der Waals surface area (Å²) >= 11 is 2.05. The van der Waals surface area contributed by atoms with E-state index in [2.05, 4.69) is 43.6 Å². The third kappa shape index (κ3) is 14.2. The third-order valence-corrected chi connectivity index (χ3v) is 10.1. The van der Waals surface area contributed by atoms with Crippen molar-refractivity contribution < 1.29 is 4.74 Å². The quantitative estimate of drug-likeness (QED) is 0.152. The van der Waals surface area contributed by atoms with Crippen molar-refractivity contribution >= 4 is 19.8 Å². The summed E-state index contributed by atoms with van der Waals surface area (Å²) in [4.78, 5) is 0. The van der Waals surface area contributed by atoms with Crippen LogP contribution in [0.15, 0.2) is 0 Å². The van der Waals surface area contributed by atoms with E-state index in [4.69, 9.17) is 4.74 Å². The third-order valence-electron chi connectivity index (χ3n) is 5.37. The highest BCUT2D eigenvalue weighted by Crippen LogP contribution is 2.31. The van der Waals surface area contributed by atoms with E-state index in [1.807, 2.05) is 0 Å². The molecule has 0 aromatic rings. The fraction of sp³-hybridized carbons (Fsp3) is 0.913. The van der Waals surface area contributed by atoms with E-state index in [0.29, 0.717) is 6.10 Å². The van der Waals surface area contributed by atoms with E-state index in [9.17, 15) is 0 Å². The van der Waals surface area contributed by atoms with Gasteiger partial charge in [-0.1, -0.05) is 64.3 Å². The molecule has 1 fully saturated rings. The zero-order valence-corrected chi connectivity index (χ0v) is 19.7. The van der Waals surface area contributed by atoms with Crippen LogP contribution in [0.5, 0.6) is 0 Å². The summed E-state index contributed by atoms with van der Waals surface area (Å²) in [5.74, 6) is 5.95. The molecule has 0 aliphatic carbocycles. The Hall–Kier alpha value is 0.0869. The summed E-state index contributed by atoms with van der Waals surface area (Å²) in [5, 5.41) is 0. The minimum absolute atomic E-state index is 0.381. The first kappa shape index (κ1) is 24.1. The van der Waals surface area contributed by atoms with Gasteiger partial charge < -0.3 is 4.74 Å². The monoisotopic (exact) mass is 396 g/mol. The molecule has 0 amide bonds. The maximum Gasteiger partial charge on any atom is 0.135 e. The largest absolute Gasteiger partial charge is 0.378 e.